The van der Waals surface area contributed by atoms with Crippen molar-refractivity contribution in [3.63, 3.8) is 0 Å². The molecule has 24 nitrogen and oxygen atoms in total. The highest BCUT2D eigenvalue weighted by atomic mass is 15.3. The number of hydrogen-bond acceptors (Lipinski definition) is 15. The van der Waals surface area contributed by atoms with Crippen molar-refractivity contribution in [3.05, 3.63) is 404 Å². The molecule has 117 heavy (non-hydrogen) atoms. The maximum absolute atomic E-state index is 4.97. The van der Waals surface area contributed by atoms with Gasteiger partial charge in [0.05, 0.1) is 36.0 Å². The van der Waals surface area contributed by atoms with E-state index in [-0.39, 0.29) is 0 Å². The molecule has 0 bridgehead atoms. The first kappa shape index (κ1) is 70.5. The SMILES string of the molecule is c1cc(-c2nc(-c3cccc(-n4cccc4)c3)nc(-c3cccc(-n4cccc4)c3)n2)cc(-n2cccc2)c1.c1cc(-c2nc(-c3cccc(-n4cccn4)c3)nc(-c3cccc(-n4cccn4)c3)n2)cc(-n2cccn2)c1.c1cc(-c2nc(-c3cccc(-n4ccnc4)c3)nc(-c3cccc(-n4ccnc4)c3)n2)cc(-n2ccnc2)c1. The Balaban J connectivity index is 0.000000117. The zero-order valence-electron chi connectivity index (χ0n) is 62.3. The Kier molecular flexibility index (Phi) is 19.4. The largest absolute Gasteiger partial charge is 0.324 e. The monoisotopic (exact) mass is 1520 g/mol. The second kappa shape index (κ2) is 32.2. The van der Waals surface area contributed by atoms with Crippen molar-refractivity contribution in [1.82, 2.24) is 117 Å². The molecule has 0 fully saturated rings. The zero-order chi connectivity index (χ0) is 78.1. The van der Waals surface area contributed by atoms with Gasteiger partial charge in [-0.25, -0.2) is 73.9 Å². The Bertz CT molecular complexity index is 5530. The second-order valence-electron chi connectivity index (χ2n) is 26.9. The molecule has 0 unspecified atom stereocenters. The van der Waals surface area contributed by atoms with Crippen molar-refractivity contribution in [3.8, 4) is 154 Å². The molecule has 0 atom stereocenters. The van der Waals surface area contributed by atoms with E-state index in [2.05, 4.69) is 80.3 Å². The third kappa shape index (κ3) is 15.7. The number of imidazole rings is 3. The molecule has 0 N–H and O–H groups in total. The lowest BCUT2D eigenvalue weighted by Crippen LogP contribution is -2.02. The number of nitrogens with zero attached hydrogens (tertiary/aromatic N) is 24. The molecule has 558 valence electrons. The summed E-state index contributed by atoms with van der Waals surface area (Å²) in [5, 5.41) is 13.1. The van der Waals surface area contributed by atoms with E-state index in [0.717, 1.165) is 101 Å². The first-order valence-electron chi connectivity index (χ1n) is 37.5. The first-order chi connectivity index (χ1) is 57.9. The van der Waals surface area contributed by atoms with E-state index in [1.54, 1.807) is 56.2 Å². The van der Waals surface area contributed by atoms with E-state index in [0.29, 0.717) is 52.4 Å². The zero-order valence-corrected chi connectivity index (χ0v) is 62.3. The molecule has 0 radical (unpaired) electrons. The highest BCUT2D eigenvalue weighted by molar-refractivity contribution is 5.74. The van der Waals surface area contributed by atoms with Crippen molar-refractivity contribution in [2.45, 2.75) is 0 Å². The van der Waals surface area contributed by atoms with Gasteiger partial charge in [-0.3, -0.25) is 0 Å². The summed E-state index contributed by atoms with van der Waals surface area (Å²) in [6, 6.07) is 90.8. The van der Waals surface area contributed by atoms with E-state index in [4.69, 9.17) is 44.9 Å². The third-order valence-corrected chi connectivity index (χ3v) is 19.3. The first-order valence-corrected chi connectivity index (χ1v) is 37.5. The van der Waals surface area contributed by atoms with Crippen LogP contribution in [0.15, 0.2) is 404 Å². The summed E-state index contributed by atoms with van der Waals surface area (Å²) in [5.74, 6) is 5.33. The van der Waals surface area contributed by atoms with Crippen LogP contribution in [0.25, 0.3) is 154 Å². The molecule has 0 spiro atoms. The van der Waals surface area contributed by atoms with Crippen LogP contribution in [0, 0.1) is 0 Å². The normalized spacial score (nSPS) is 11.1. The minimum absolute atomic E-state index is 0.568. The van der Waals surface area contributed by atoms with Crippen molar-refractivity contribution in [2.75, 3.05) is 0 Å². The van der Waals surface area contributed by atoms with Crippen molar-refractivity contribution in [2.24, 2.45) is 0 Å². The van der Waals surface area contributed by atoms with Gasteiger partial charge in [0.1, 0.15) is 0 Å². The maximum atomic E-state index is 4.97. The summed E-state index contributed by atoms with van der Waals surface area (Å²) in [5.41, 5.74) is 16.8. The van der Waals surface area contributed by atoms with Crippen LogP contribution in [-0.4, -0.2) is 117 Å². The maximum Gasteiger partial charge on any atom is 0.164 e. The summed E-state index contributed by atoms with van der Waals surface area (Å²) in [6.45, 7) is 0. The fraction of sp³-hybridized carbons (Fsp3) is 0. The van der Waals surface area contributed by atoms with Gasteiger partial charge < -0.3 is 27.4 Å². The van der Waals surface area contributed by atoms with Crippen LogP contribution in [-0.2, 0) is 0 Å². The summed E-state index contributed by atoms with van der Waals surface area (Å²) in [4.78, 5) is 57.0. The third-order valence-electron chi connectivity index (χ3n) is 19.3. The van der Waals surface area contributed by atoms with Crippen LogP contribution >= 0.6 is 0 Å². The van der Waals surface area contributed by atoms with Gasteiger partial charge in [0.25, 0.3) is 0 Å². The number of hydrogen-bond donors (Lipinski definition) is 0. The minimum atomic E-state index is 0.568. The summed E-state index contributed by atoms with van der Waals surface area (Å²) < 4.78 is 17.5. The molecular formula is C93H66N24. The van der Waals surface area contributed by atoms with Gasteiger partial charge >= 0.3 is 0 Å². The molecule has 9 aromatic carbocycles. The highest BCUT2D eigenvalue weighted by Crippen LogP contribution is 2.33. The van der Waals surface area contributed by atoms with Gasteiger partial charge in [0.2, 0.25) is 0 Å². The average Bonchev–Trinajstić information content (AvgIpc) is 1.77. The van der Waals surface area contributed by atoms with Gasteiger partial charge in [-0.1, -0.05) is 109 Å². The van der Waals surface area contributed by atoms with E-state index in [1.807, 2.05) is 339 Å². The summed E-state index contributed by atoms with van der Waals surface area (Å²) in [7, 11) is 0. The molecule has 12 heterocycles. The van der Waals surface area contributed by atoms with Crippen LogP contribution in [0.4, 0.5) is 0 Å². The van der Waals surface area contributed by atoms with E-state index < -0.39 is 0 Å². The molecule has 12 aromatic heterocycles. The Hall–Kier alpha value is -16.9. The smallest absolute Gasteiger partial charge is 0.164 e. The molecule has 0 saturated carbocycles. The Morgan fingerprint density at radius 3 is 0.521 bits per heavy atom. The highest BCUT2D eigenvalue weighted by Gasteiger charge is 2.20. The van der Waals surface area contributed by atoms with Crippen LogP contribution in [0.5, 0.6) is 0 Å². The second-order valence-corrected chi connectivity index (χ2v) is 26.9. The number of aromatic nitrogens is 24. The lowest BCUT2D eigenvalue weighted by Gasteiger charge is -2.12. The molecule has 24 heteroatoms. The molecular weight excluding hydrogens is 1450 g/mol. The van der Waals surface area contributed by atoms with Crippen LogP contribution in [0.1, 0.15) is 0 Å². The van der Waals surface area contributed by atoms with Crippen molar-refractivity contribution >= 4 is 0 Å². The fourth-order valence-corrected chi connectivity index (χ4v) is 13.5. The molecule has 0 aliphatic heterocycles. The molecule has 21 rings (SSSR count). The van der Waals surface area contributed by atoms with Crippen molar-refractivity contribution in [1.29, 1.82) is 0 Å². The van der Waals surface area contributed by atoms with Gasteiger partial charge in [-0.05, 0) is 164 Å². The Labute approximate surface area is 670 Å². The average molecular weight is 1520 g/mol. The molecule has 0 saturated heterocycles. The van der Waals surface area contributed by atoms with E-state index in [9.17, 15) is 0 Å². The van der Waals surface area contributed by atoms with Gasteiger partial charge in [0, 0.05) is 196 Å². The standard InChI is InChI=1S/C33H24N6.2C30H21N9/c1-2-17-37(16-1)28-13-7-10-25(22-28)31-34-32(26-11-8-14-29(23-26)38-18-3-4-19-38)36-33(35-31)27-12-9-15-30(24-27)39-20-5-6-21-39;1-7-22(19-25(10-1)37-16-4-13-31-37)28-34-29(23-8-2-11-26(20-23)38-17-5-14-32-38)36-30(35-28)24-9-3-12-27(21-24)39-18-6-15-33-39;1-4-22(16-25(7-1)37-13-10-31-19-37)28-34-29(23-5-2-8-26(17-23)38-14-11-32-20-38)36-30(35-28)24-6-3-9-27(18-24)39-15-12-33-21-39/h1-24H;2*1-21H. The Morgan fingerprint density at radius 1 is 0.154 bits per heavy atom. The summed E-state index contributed by atoms with van der Waals surface area (Å²) in [6.07, 6.45) is 39.5. The van der Waals surface area contributed by atoms with Crippen LogP contribution in [0.3, 0.4) is 0 Å². The Morgan fingerprint density at radius 2 is 0.342 bits per heavy atom. The fourth-order valence-electron chi connectivity index (χ4n) is 13.5. The number of benzene rings is 9. The van der Waals surface area contributed by atoms with Gasteiger partial charge in [-0.15, -0.1) is 0 Å². The van der Waals surface area contributed by atoms with E-state index in [1.165, 1.54) is 0 Å². The topological polar surface area (TPSA) is 238 Å². The molecule has 0 aliphatic carbocycles. The lowest BCUT2D eigenvalue weighted by molar-refractivity contribution is 0.879. The number of rotatable bonds is 18. The summed E-state index contributed by atoms with van der Waals surface area (Å²) >= 11 is 0. The molecule has 0 amide bonds. The van der Waals surface area contributed by atoms with E-state index >= 15 is 0 Å². The lowest BCUT2D eigenvalue weighted by atomic mass is 10.1. The minimum Gasteiger partial charge on any atom is -0.324 e. The quantitative estimate of drug-likeness (QED) is 0.0776. The predicted octanol–water partition coefficient (Wildman–Crippen LogP) is 18.1. The molecule has 21 aromatic rings. The van der Waals surface area contributed by atoms with Gasteiger partial charge in [0.15, 0.2) is 52.4 Å². The van der Waals surface area contributed by atoms with Crippen LogP contribution in [0.2, 0.25) is 0 Å². The predicted molar refractivity (Wildman–Crippen MR) is 449 cm³/mol. The molecule has 0 aliphatic rings. The van der Waals surface area contributed by atoms with Crippen LogP contribution < -0.4 is 0 Å². The van der Waals surface area contributed by atoms with Crippen molar-refractivity contribution < 1.29 is 0 Å². The van der Waals surface area contributed by atoms with Gasteiger partial charge in [-0.2, -0.15) is 15.3 Å².